The Hall–Kier alpha value is -1.74. The first kappa shape index (κ1) is 13.3. The molecule has 1 atom stereocenters. The van der Waals surface area contributed by atoms with E-state index in [0.717, 1.165) is 18.5 Å². The molecule has 2 aromatic rings. The van der Waals surface area contributed by atoms with Crippen LogP contribution < -0.4 is 5.32 Å². The molecule has 0 aliphatic heterocycles. The third-order valence-electron chi connectivity index (χ3n) is 4.10. The first-order valence-electron chi connectivity index (χ1n) is 7.15. The molecule has 0 saturated heterocycles. The number of benzene rings is 1. The van der Waals surface area contributed by atoms with E-state index in [2.05, 4.69) is 17.2 Å². The van der Waals surface area contributed by atoms with Gasteiger partial charge in [0.15, 0.2) is 0 Å². The van der Waals surface area contributed by atoms with Crippen LogP contribution in [0.3, 0.4) is 0 Å². The molecule has 0 bridgehead atoms. The van der Waals surface area contributed by atoms with Crippen molar-refractivity contribution in [2.75, 3.05) is 0 Å². The van der Waals surface area contributed by atoms with Crippen molar-refractivity contribution in [3.8, 4) is 0 Å². The fourth-order valence-corrected chi connectivity index (χ4v) is 2.83. The maximum absolute atomic E-state index is 12.9. The molecule has 1 aliphatic carbocycles. The van der Waals surface area contributed by atoms with Gasteiger partial charge in [0.25, 0.3) is 0 Å². The number of aromatic nitrogens is 1. The summed E-state index contributed by atoms with van der Waals surface area (Å²) in [6, 6.07) is 13.7. The predicted molar refractivity (Wildman–Crippen MR) is 78.0 cm³/mol. The Kier molecular flexibility index (Phi) is 3.79. The Morgan fingerprint density at radius 2 is 1.90 bits per heavy atom. The highest BCUT2D eigenvalue weighted by molar-refractivity contribution is 5.23. The van der Waals surface area contributed by atoms with Crippen molar-refractivity contribution in [1.82, 2.24) is 10.3 Å². The van der Waals surface area contributed by atoms with Gasteiger partial charge in [0.05, 0.1) is 5.69 Å². The monoisotopic (exact) mass is 270 g/mol. The highest BCUT2D eigenvalue weighted by atomic mass is 19.1. The predicted octanol–water partition coefficient (Wildman–Crippen LogP) is 3.82. The lowest BCUT2D eigenvalue weighted by molar-refractivity contribution is 0.269. The minimum absolute atomic E-state index is 0.161. The van der Waals surface area contributed by atoms with Gasteiger partial charge in [-0.05, 0) is 55.5 Å². The van der Waals surface area contributed by atoms with Crippen molar-refractivity contribution < 1.29 is 4.39 Å². The van der Waals surface area contributed by atoms with Crippen LogP contribution in [0.5, 0.6) is 0 Å². The molecule has 2 nitrogen and oxygen atoms in total. The third-order valence-corrected chi connectivity index (χ3v) is 4.10. The average molecular weight is 270 g/mol. The summed E-state index contributed by atoms with van der Waals surface area (Å²) in [4.78, 5) is 4.37. The molecule has 1 aromatic carbocycles. The van der Waals surface area contributed by atoms with Gasteiger partial charge in [0, 0.05) is 18.3 Å². The number of halogens is 1. The van der Waals surface area contributed by atoms with Crippen LogP contribution >= 0.6 is 0 Å². The third kappa shape index (κ3) is 2.88. The zero-order valence-electron chi connectivity index (χ0n) is 11.6. The van der Waals surface area contributed by atoms with Crippen LogP contribution in [0.25, 0.3) is 0 Å². The summed E-state index contributed by atoms with van der Waals surface area (Å²) in [6.07, 6.45) is 4.06. The number of rotatable bonds is 4. The first-order chi connectivity index (χ1) is 9.72. The van der Waals surface area contributed by atoms with Gasteiger partial charge in [-0.2, -0.15) is 0 Å². The standard InChI is InChI=1S/C17H19FN2/c1-12(17-4-2-3-9-19-17)20-16-10-14(11-16)13-5-7-15(18)8-6-13/h2-9,12,14,16,20H,10-11H2,1H3. The summed E-state index contributed by atoms with van der Waals surface area (Å²) in [5, 5.41) is 3.61. The van der Waals surface area contributed by atoms with E-state index in [9.17, 15) is 4.39 Å². The molecule has 1 N–H and O–H groups in total. The van der Waals surface area contributed by atoms with Crippen LogP contribution in [-0.2, 0) is 0 Å². The Morgan fingerprint density at radius 1 is 1.15 bits per heavy atom. The second-order valence-corrected chi connectivity index (χ2v) is 5.56. The molecule has 1 unspecified atom stereocenters. The van der Waals surface area contributed by atoms with E-state index in [-0.39, 0.29) is 11.9 Å². The van der Waals surface area contributed by atoms with Gasteiger partial charge in [-0.3, -0.25) is 4.98 Å². The van der Waals surface area contributed by atoms with Gasteiger partial charge < -0.3 is 5.32 Å². The molecule has 3 heteroatoms. The SMILES string of the molecule is CC(NC1CC(c2ccc(F)cc2)C1)c1ccccn1. The van der Waals surface area contributed by atoms with Crippen molar-refractivity contribution in [1.29, 1.82) is 0 Å². The van der Waals surface area contributed by atoms with Gasteiger partial charge in [0.1, 0.15) is 5.82 Å². The number of nitrogens with one attached hydrogen (secondary N) is 1. The molecule has 1 heterocycles. The fourth-order valence-electron chi connectivity index (χ4n) is 2.83. The molecule has 1 saturated carbocycles. The number of nitrogens with zero attached hydrogens (tertiary/aromatic N) is 1. The zero-order valence-corrected chi connectivity index (χ0v) is 11.6. The first-order valence-corrected chi connectivity index (χ1v) is 7.15. The zero-order chi connectivity index (χ0) is 13.9. The van der Waals surface area contributed by atoms with Gasteiger partial charge in [-0.1, -0.05) is 18.2 Å². The van der Waals surface area contributed by atoms with Crippen molar-refractivity contribution in [2.24, 2.45) is 0 Å². The van der Waals surface area contributed by atoms with E-state index in [0.29, 0.717) is 12.0 Å². The molecular formula is C17H19FN2. The average Bonchev–Trinajstić information content (AvgIpc) is 2.44. The molecule has 0 amide bonds. The maximum Gasteiger partial charge on any atom is 0.123 e. The lowest BCUT2D eigenvalue weighted by Gasteiger charge is -2.38. The van der Waals surface area contributed by atoms with Gasteiger partial charge in [-0.25, -0.2) is 4.39 Å². The molecule has 20 heavy (non-hydrogen) atoms. The number of hydrogen-bond donors (Lipinski definition) is 1. The van der Waals surface area contributed by atoms with Crippen LogP contribution in [0.2, 0.25) is 0 Å². The smallest absolute Gasteiger partial charge is 0.123 e. The quantitative estimate of drug-likeness (QED) is 0.913. The second kappa shape index (κ2) is 5.71. The van der Waals surface area contributed by atoms with Gasteiger partial charge in [-0.15, -0.1) is 0 Å². The molecule has 0 radical (unpaired) electrons. The Bertz CT molecular complexity index is 547. The van der Waals surface area contributed by atoms with Gasteiger partial charge >= 0.3 is 0 Å². The van der Waals surface area contributed by atoms with Crippen LogP contribution in [0.4, 0.5) is 4.39 Å². The molecular weight excluding hydrogens is 251 g/mol. The van der Waals surface area contributed by atoms with E-state index in [1.165, 1.54) is 5.56 Å². The minimum atomic E-state index is -0.161. The molecule has 1 aromatic heterocycles. The highest BCUT2D eigenvalue weighted by Crippen LogP contribution is 2.37. The van der Waals surface area contributed by atoms with E-state index >= 15 is 0 Å². The van der Waals surface area contributed by atoms with Gasteiger partial charge in [0.2, 0.25) is 0 Å². The highest BCUT2D eigenvalue weighted by Gasteiger charge is 2.31. The summed E-state index contributed by atoms with van der Waals surface area (Å²) in [5.41, 5.74) is 2.33. The van der Waals surface area contributed by atoms with E-state index in [1.54, 1.807) is 12.1 Å². The normalized spacial score (nSPS) is 23.1. The molecule has 104 valence electrons. The summed E-state index contributed by atoms with van der Waals surface area (Å²) in [5.74, 6) is 0.399. The number of hydrogen-bond acceptors (Lipinski definition) is 2. The number of pyridine rings is 1. The summed E-state index contributed by atoms with van der Waals surface area (Å²) < 4.78 is 12.9. The summed E-state index contributed by atoms with van der Waals surface area (Å²) >= 11 is 0. The second-order valence-electron chi connectivity index (χ2n) is 5.56. The Morgan fingerprint density at radius 3 is 2.55 bits per heavy atom. The van der Waals surface area contributed by atoms with E-state index in [4.69, 9.17) is 0 Å². The molecule has 1 fully saturated rings. The summed E-state index contributed by atoms with van der Waals surface area (Å²) in [7, 11) is 0. The minimum Gasteiger partial charge on any atom is -0.306 e. The van der Waals surface area contributed by atoms with Crippen LogP contribution in [0.1, 0.15) is 43.0 Å². The van der Waals surface area contributed by atoms with Crippen LogP contribution in [-0.4, -0.2) is 11.0 Å². The molecule has 1 aliphatic rings. The topological polar surface area (TPSA) is 24.9 Å². The lowest BCUT2D eigenvalue weighted by atomic mass is 9.75. The van der Waals surface area contributed by atoms with E-state index < -0.39 is 0 Å². The lowest BCUT2D eigenvalue weighted by Crippen LogP contribution is -2.41. The van der Waals surface area contributed by atoms with E-state index in [1.807, 2.05) is 36.5 Å². The summed E-state index contributed by atoms with van der Waals surface area (Å²) in [6.45, 7) is 2.15. The fraction of sp³-hybridized carbons (Fsp3) is 0.353. The largest absolute Gasteiger partial charge is 0.306 e. The Labute approximate surface area is 119 Å². The molecule has 0 spiro atoms. The Balaban J connectivity index is 1.52. The van der Waals surface area contributed by atoms with Crippen molar-refractivity contribution >= 4 is 0 Å². The maximum atomic E-state index is 12.9. The van der Waals surface area contributed by atoms with Crippen LogP contribution in [0, 0.1) is 5.82 Å². The van der Waals surface area contributed by atoms with Crippen molar-refractivity contribution in [3.63, 3.8) is 0 Å². The van der Waals surface area contributed by atoms with Crippen molar-refractivity contribution in [2.45, 2.75) is 37.8 Å². The van der Waals surface area contributed by atoms with Crippen molar-refractivity contribution in [3.05, 3.63) is 65.7 Å². The molecule has 3 rings (SSSR count). The van der Waals surface area contributed by atoms with Crippen LogP contribution in [0.15, 0.2) is 48.7 Å².